The molecule has 0 aliphatic carbocycles. The number of carbonyl (C=O) groups excluding carboxylic acids is 1. The molecule has 1 N–H and O–H groups in total. The largest absolute Gasteiger partial charge is 0.484 e. The van der Waals surface area contributed by atoms with E-state index in [1.54, 1.807) is 30.8 Å². The molecule has 0 saturated carbocycles. The van der Waals surface area contributed by atoms with Crippen LogP contribution in [-0.4, -0.2) is 21.9 Å². The zero-order valence-electron chi connectivity index (χ0n) is 14.4. The zero-order chi connectivity index (χ0) is 18.7. The van der Waals surface area contributed by atoms with Crippen LogP contribution in [-0.2, 0) is 11.8 Å². The quantitative estimate of drug-likeness (QED) is 0.592. The first-order chi connectivity index (χ1) is 12.5. The average molecular weight is 463 g/mol. The predicted molar refractivity (Wildman–Crippen MR) is 109 cm³/mol. The highest BCUT2D eigenvalue weighted by Crippen LogP contribution is 2.15. The van der Waals surface area contributed by atoms with Crippen molar-refractivity contribution >= 4 is 34.2 Å². The van der Waals surface area contributed by atoms with Crippen LogP contribution in [0.3, 0.4) is 0 Å². The van der Waals surface area contributed by atoms with Crippen LogP contribution in [0.1, 0.15) is 5.69 Å². The number of halogens is 1. The topological polar surface area (TPSA) is 65.3 Å². The van der Waals surface area contributed by atoms with E-state index < -0.39 is 0 Å². The Morgan fingerprint density at radius 1 is 1.12 bits per heavy atom. The van der Waals surface area contributed by atoms with Gasteiger partial charge in [-0.05, 0) is 65.9 Å². The Kier molecular flexibility index (Phi) is 5.46. The van der Waals surface area contributed by atoms with Crippen molar-refractivity contribution in [2.75, 3.05) is 11.9 Å². The summed E-state index contributed by atoms with van der Waals surface area (Å²) in [5.74, 6) is 0.224. The van der Waals surface area contributed by atoms with E-state index in [9.17, 15) is 9.59 Å². The average Bonchev–Trinajstić information content (AvgIpc) is 2.85. The minimum absolute atomic E-state index is 0.167. The number of hydrogen-bond acceptors (Lipinski definition) is 3. The molecule has 0 unspecified atom stereocenters. The molecular formula is C19H18IN3O3. The SMILES string of the molecule is Cc1c(NC(=O)COc2ccc(I)cc2)c(=O)n(-c2ccccc2)n1C. The van der Waals surface area contributed by atoms with Gasteiger partial charge in [-0.2, -0.15) is 0 Å². The van der Waals surface area contributed by atoms with E-state index in [-0.39, 0.29) is 23.8 Å². The van der Waals surface area contributed by atoms with Crippen LogP contribution in [0.2, 0.25) is 0 Å². The Labute approximate surface area is 164 Å². The van der Waals surface area contributed by atoms with Gasteiger partial charge in [0, 0.05) is 10.6 Å². The summed E-state index contributed by atoms with van der Waals surface area (Å²) in [4.78, 5) is 25.0. The van der Waals surface area contributed by atoms with Crippen LogP contribution >= 0.6 is 22.6 Å². The first kappa shape index (κ1) is 18.2. The zero-order valence-corrected chi connectivity index (χ0v) is 16.6. The molecule has 3 rings (SSSR count). The van der Waals surface area contributed by atoms with E-state index in [2.05, 4.69) is 27.9 Å². The Morgan fingerprint density at radius 3 is 2.42 bits per heavy atom. The lowest BCUT2D eigenvalue weighted by Gasteiger charge is -2.07. The predicted octanol–water partition coefficient (Wildman–Crippen LogP) is 3.11. The molecule has 0 aliphatic rings. The minimum Gasteiger partial charge on any atom is -0.484 e. The monoisotopic (exact) mass is 463 g/mol. The highest BCUT2D eigenvalue weighted by atomic mass is 127. The molecule has 7 heteroatoms. The fourth-order valence-corrected chi connectivity index (χ4v) is 2.93. The molecule has 2 aromatic carbocycles. The van der Waals surface area contributed by atoms with E-state index in [0.717, 1.165) is 9.26 Å². The summed E-state index contributed by atoms with van der Waals surface area (Å²) in [6.45, 7) is 1.62. The lowest BCUT2D eigenvalue weighted by Crippen LogP contribution is -2.25. The summed E-state index contributed by atoms with van der Waals surface area (Å²) in [5.41, 5.74) is 1.38. The van der Waals surface area contributed by atoms with Gasteiger partial charge in [-0.1, -0.05) is 18.2 Å². The van der Waals surface area contributed by atoms with Gasteiger partial charge in [0.15, 0.2) is 6.61 Å². The Bertz CT molecular complexity index is 976. The summed E-state index contributed by atoms with van der Waals surface area (Å²) in [6, 6.07) is 16.7. The number of aromatic nitrogens is 2. The van der Waals surface area contributed by atoms with E-state index in [1.807, 2.05) is 42.5 Å². The first-order valence-corrected chi connectivity index (χ1v) is 9.07. The molecule has 1 aromatic heterocycles. The van der Waals surface area contributed by atoms with Gasteiger partial charge in [0.2, 0.25) is 0 Å². The number of hydrogen-bond donors (Lipinski definition) is 1. The molecular weight excluding hydrogens is 445 g/mol. The van der Waals surface area contributed by atoms with Crippen molar-refractivity contribution in [2.24, 2.45) is 7.05 Å². The summed E-state index contributed by atoms with van der Waals surface area (Å²) < 4.78 is 9.78. The van der Waals surface area contributed by atoms with Crippen molar-refractivity contribution < 1.29 is 9.53 Å². The maximum Gasteiger partial charge on any atom is 0.295 e. The molecule has 0 fully saturated rings. The van der Waals surface area contributed by atoms with Gasteiger partial charge >= 0.3 is 0 Å². The van der Waals surface area contributed by atoms with Crippen LogP contribution < -0.4 is 15.6 Å². The van der Waals surface area contributed by atoms with Crippen LogP contribution in [0.4, 0.5) is 5.69 Å². The number of rotatable bonds is 5. The van der Waals surface area contributed by atoms with Crippen molar-refractivity contribution in [1.82, 2.24) is 9.36 Å². The number of benzene rings is 2. The normalized spacial score (nSPS) is 10.6. The van der Waals surface area contributed by atoms with E-state index >= 15 is 0 Å². The van der Waals surface area contributed by atoms with Crippen molar-refractivity contribution in [3.8, 4) is 11.4 Å². The second kappa shape index (κ2) is 7.77. The molecule has 0 saturated heterocycles. The smallest absolute Gasteiger partial charge is 0.295 e. The number of amides is 1. The Morgan fingerprint density at radius 2 is 1.77 bits per heavy atom. The molecule has 1 amide bonds. The maximum atomic E-state index is 12.7. The third kappa shape index (κ3) is 3.82. The lowest BCUT2D eigenvalue weighted by molar-refractivity contribution is -0.118. The molecule has 0 spiro atoms. The van der Waals surface area contributed by atoms with Crippen molar-refractivity contribution in [3.05, 3.63) is 74.2 Å². The van der Waals surface area contributed by atoms with Crippen molar-refractivity contribution in [1.29, 1.82) is 0 Å². The third-order valence-electron chi connectivity index (χ3n) is 4.00. The second-order valence-electron chi connectivity index (χ2n) is 5.73. The summed E-state index contributed by atoms with van der Waals surface area (Å²) in [7, 11) is 1.78. The maximum absolute atomic E-state index is 12.7. The Hall–Kier alpha value is -2.55. The third-order valence-corrected chi connectivity index (χ3v) is 4.72. The van der Waals surface area contributed by atoms with Gasteiger partial charge < -0.3 is 10.1 Å². The van der Waals surface area contributed by atoms with Crippen molar-refractivity contribution in [3.63, 3.8) is 0 Å². The van der Waals surface area contributed by atoms with E-state index in [1.165, 1.54) is 4.68 Å². The molecule has 0 atom stereocenters. The van der Waals surface area contributed by atoms with Crippen molar-refractivity contribution in [2.45, 2.75) is 6.92 Å². The highest BCUT2D eigenvalue weighted by Gasteiger charge is 2.18. The van der Waals surface area contributed by atoms with Gasteiger partial charge in [-0.15, -0.1) is 0 Å². The molecule has 0 aliphatic heterocycles. The van der Waals surface area contributed by atoms with Gasteiger partial charge in [0.05, 0.1) is 11.4 Å². The number of carbonyl (C=O) groups is 1. The standard InChI is InChI=1S/C19H18IN3O3/c1-13-18(19(25)23(22(13)2)15-6-4-3-5-7-15)21-17(24)12-26-16-10-8-14(20)9-11-16/h3-11H,12H2,1-2H3,(H,21,24). The molecule has 0 radical (unpaired) electrons. The first-order valence-electron chi connectivity index (χ1n) is 7.99. The van der Waals surface area contributed by atoms with Gasteiger partial charge in [-0.3, -0.25) is 14.3 Å². The molecule has 6 nitrogen and oxygen atoms in total. The number of nitrogens with one attached hydrogen (secondary N) is 1. The van der Waals surface area contributed by atoms with Gasteiger partial charge in [0.25, 0.3) is 11.5 Å². The number of ether oxygens (including phenoxy) is 1. The lowest BCUT2D eigenvalue weighted by atomic mass is 10.3. The highest BCUT2D eigenvalue weighted by molar-refractivity contribution is 14.1. The van der Waals surface area contributed by atoms with Crippen LogP contribution in [0.15, 0.2) is 59.4 Å². The fraction of sp³-hybridized carbons (Fsp3) is 0.158. The van der Waals surface area contributed by atoms with E-state index in [0.29, 0.717) is 11.4 Å². The molecule has 1 heterocycles. The number of para-hydroxylation sites is 1. The Balaban J connectivity index is 1.76. The second-order valence-corrected chi connectivity index (χ2v) is 6.97. The fourth-order valence-electron chi connectivity index (χ4n) is 2.57. The van der Waals surface area contributed by atoms with Crippen LogP contribution in [0.5, 0.6) is 5.75 Å². The summed E-state index contributed by atoms with van der Waals surface area (Å²) in [6.07, 6.45) is 0. The molecule has 0 bridgehead atoms. The van der Waals surface area contributed by atoms with Crippen LogP contribution in [0.25, 0.3) is 5.69 Å². The summed E-state index contributed by atoms with van der Waals surface area (Å²) >= 11 is 2.20. The van der Waals surface area contributed by atoms with Gasteiger partial charge in [0.1, 0.15) is 11.4 Å². The van der Waals surface area contributed by atoms with Gasteiger partial charge in [-0.25, -0.2) is 4.68 Å². The molecule has 134 valence electrons. The molecule has 3 aromatic rings. The minimum atomic E-state index is -0.380. The number of anilines is 1. The molecule has 26 heavy (non-hydrogen) atoms. The summed E-state index contributed by atoms with van der Waals surface area (Å²) in [5, 5.41) is 2.67. The van der Waals surface area contributed by atoms with Crippen LogP contribution in [0, 0.1) is 10.5 Å². The number of nitrogens with zero attached hydrogens (tertiary/aromatic N) is 2. The van der Waals surface area contributed by atoms with E-state index in [4.69, 9.17) is 4.74 Å².